The minimum atomic E-state index is -1.07. The molecule has 0 aliphatic heterocycles. The van der Waals surface area contributed by atoms with Crippen LogP contribution >= 0.6 is 0 Å². The molecule has 0 spiro atoms. The van der Waals surface area contributed by atoms with Crippen molar-refractivity contribution in [2.24, 2.45) is 0 Å². The SMILES string of the molecule is O=C(O)CNC(=O)Cn1ccc2ccc(-c3cncnc3)cc21. The Hall–Kier alpha value is -3.22. The van der Waals surface area contributed by atoms with Crippen LogP contribution in [0.4, 0.5) is 0 Å². The van der Waals surface area contributed by atoms with E-state index in [1.807, 2.05) is 24.3 Å². The maximum absolute atomic E-state index is 11.8. The smallest absolute Gasteiger partial charge is 0.322 e. The molecule has 0 aliphatic carbocycles. The molecule has 0 unspecified atom stereocenters. The van der Waals surface area contributed by atoms with E-state index in [9.17, 15) is 9.59 Å². The first kappa shape index (κ1) is 14.7. The molecule has 2 heterocycles. The monoisotopic (exact) mass is 310 g/mol. The standard InChI is InChI=1S/C16H14N4O3/c21-15(19-8-16(22)23)9-20-4-3-11-1-2-12(5-14(11)20)13-6-17-10-18-7-13/h1-7,10H,8-9H2,(H,19,21)(H,22,23). The molecule has 1 amide bonds. The van der Waals surface area contributed by atoms with Crippen molar-refractivity contribution in [1.82, 2.24) is 19.9 Å². The van der Waals surface area contributed by atoms with Crippen LogP contribution in [-0.4, -0.2) is 38.1 Å². The summed E-state index contributed by atoms with van der Waals surface area (Å²) in [7, 11) is 0. The summed E-state index contributed by atoms with van der Waals surface area (Å²) in [6.07, 6.45) is 6.72. The zero-order chi connectivity index (χ0) is 16.2. The van der Waals surface area contributed by atoms with Gasteiger partial charge < -0.3 is 15.0 Å². The van der Waals surface area contributed by atoms with E-state index in [0.29, 0.717) is 0 Å². The molecule has 1 aromatic carbocycles. The molecule has 3 rings (SSSR count). The second-order valence-corrected chi connectivity index (χ2v) is 5.01. The molecule has 7 heteroatoms. The Morgan fingerprint density at radius 2 is 1.91 bits per heavy atom. The summed E-state index contributed by atoms with van der Waals surface area (Å²) >= 11 is 0. The van der Waals surface area contributed by atoms with Crippen LogP contribution in [0.1, 0.15) is 0 Å². The van der Waals surface area contributed by atoms with Gasteiger partial charge in [0, 0.05) is 29.7 Å². The molecule has 0 fully saturated rings. The lowest BCUT2D eigenvalue weighted by Crippen LogP contribution is -2.31. The van der Waals surface area contributed by atoms with Gasteiger partial charge in [0.1, 0.15) is 19.4 Å². The highest BCUT2D eigenvalue weighted by Crippen LogP contribution is 2.24. The predicted octanol–water partition coefficient (Wildman–Crippen LogP) is 1.30. The third-order valence-corrected chi connectivity index (χ3v) is 3.42. The van der Waals surface area contributed by atoms with Crippen LogP contribution in [0.5, 0.6) is 0 Å². The fraction of sp³-hybridized carbons (Fsp3) is 0.125. The first-order valence-electron chi connectivity index (χ1n) is 6.96. The van der Waals surface area contributed by atoms with Gasteiger partial charge in [-0.2, -0.15) is 0 Å². The molecule has 116 valence electrons. The van der Waals surface area contributed by atoms with Crippen molar-refractivity contribution in [3.05, 3.63) is 49.2 Å². The molecule has 0 atom stereocenters. The van der Waals surface area contributed by atoms with Crippen molar-refractivity contribution in [1.29, 1.82) is 0 Å². The molecular formula is C16H14N4O3. The molecule has 2 N–H and O–H groups in total. The number of carboxylic acid groups (broad SMARTS) is 1. The summed E-state index contributed by atoms with van der Waals surface area (Å²) in [6.45, 7) is -0.323. The van der Waals surface area contributed by atoms with Crippen molar-refractivity contribution < 1.29 is 14.7 Å². The van der Waals surface area contributed by atoms with E-state index in [1.165, 1.54) is 6.33 Å². The van der Waals surface area contributed by atoms with Crippen LogP contribution in [-0.2, 0) is 16.1 Å². The number of benzene rings is 1. The van der Waals surface area contributed by atoms with Crippen LogP contribution in [0.3, 0.4) is 0 Å². The van der Waals surface area contributed by atoms with Crippen molar-refractivity contribution in [2.75, 3.05) is 6.54 Å². The second-order valence-electron chi connectivity index (χ2n) is 5.01. The lowest BCUT2D eigenvalue weighted by molar-refractivity contribution is -0.138. The van der Waals surface area contributed by atoms with Crippen LogP contribution in [0.15, 0.2) is 49.2 Å². The molecular weight excluding hydrogens is 296 g/mol. The van der Waals surface area contributed by atoms with Gasteiger partial charge in [0.05, 0.1) is 0 Å². The molecule has 2 aromatic heterocycles. The number of carbonyl (C=O) groups excluding carboxylic acids is 1. The molecule has 23 heavy (non-hydrogen) atoms. The summed E-state index contributed by atoms with van der Waals surface area (Å²) in [6, 6.07) is 7.79. The van der Waals surface area contributed by atoms with E-state index in [-0.39, 0.29) is 19.0 Å². The lowest BCUT2D eigenvalue weighted by atomic mass is 10.1. The number of carbonyl (C=O) groups is 2. The Kier molecular flexibility index (Phi) is 4.01. The molecule has 0 radical (unpaired) electrons. The van der Waals surface area contributed by atoms with E-state index in [4.69, 9.17) is 5.11 Å². The third kappa shape index (κ3) is 3.34. The minimum absolute atomic E-state index is 0.0610. The average Bonchev–Trinajstić information content (AvgIpc) is 2.96. The summed E-state index contributed by atoms with van der Waals surface area (Å²) in [5.41, 5.74) is 2.72. The molecule has 7 nitrogen and oxygen atoms in total. The van der Waals surface area contributed by atoms with Crippen molar-refractivity contribution >= 4 is 22.8 Å². The number of amides is 1. The normalized spacial score (nSPS) is 10.6. The van der Waals surface area contributed by atoms with Crippen LogP contribution in [0.2, 0.25) is 0 Å². The van der Waals surface area contributed by atoms with Crippen LogP contribution in [0, 0.1) is 0 Å². The highest BCUT2D eigenvalue weighted by molar-refractivity contribution is 5.87. The summed E-state index contributed by atoms with van der Waals surface area (Å²) in [4.78, 5) is 30.3. The number of carboxylic acids is 1. The Morgan fingerprint density at radius 3 is 2.65 bits per heavy atom. The van der Waals surface area contributed by atoms with Gasteiger partial charge in [-0.05, 0) is 23.1 Å². The fourth-order valence-electron chi connectivity index (χ4n) is 2.33. The number of rotatable bonds is 5. The molecule has 3 aromatic rings. The second kappa shape index (κ2) is 6.27. The largest absolute Gasteiger partial charge is 0.480 e. The van der Waals surface area contributed by atoms with Gasteiger partial charge in [0.15, 0.2) is 0 Å². The van der Waals surface area contributed by atoms with E-state index < -0.39 is 5.97 Å². The van der Waals surface area contributed by atoms with Crippen LogP contribution in [0.25, 0.3) is 22.0 Å². The topological polar surface area (TPSA) is 97.1 Å². The predicted molar refractivity (Wildman–Crippen MR) is 83.6 cm³/mol. The fourth-order valence-corrected chi connectivity index (χ4v) is 2.33. The first-order chi connectivity index (χ1) is 11.1. The highest BCUT2D eigenvalue weighted by Gasteiger charge is 2.09. The van der Waals surface area contributed by atoms with Crippen molar-refractivity contribution in [3.8, 4) is 11.1 Å². The Balaban J connectivity index is 1.87. The van der Waals surface area contributed by atoms with Gasteiger partial charge in [0.25, 0.3) is 0 Å². The van der Waals surface area contributed by atoms with Gasteiger partial charge in [-0.25, -0.2) is 9.97 Å². The molecule has 0 saturated heterocycles. The summed E-state index contributed by atoms with van der Waals surface area (Å²) < 4.78 is 1.78. The minimum Gasteiger partial charge on any atom is -0.480 e. The van der Waals surface area contributed by atoms with Crippen molar-refractivity contribution in [3.63, 3.8) is 0 Å². The first-order valence-corrected chi connectivity index (χ1v) is 6.96. The third-order valence-electron chi connectivity index (χ3n) is 3.42. The number of nitrogens with zero attached hydrogens (tertiary/aromatic N) is 3. The van der Waals surface area contributed by atoms with Gasteiger partial charge in [-0.3, -0.25) is 9.59 Å². The number of fused-ring (bicyclic) bond motifs is 1. The average molecular weight is 310 g/mol. The zero-order valence-electron chi connectivity index (χ0n) is 12.1. The van der Waals surface area contributed by atoms with E-state index in [0.717, 1.165) is 22.0 Å². The number of aliphatic carboxylic acids is 1. The number of nitrogens with one attached hydrogen (secondary N) is 1. The van der Waals surface area contributed by atoms with Gasteiger partial charge in [-0.1, -0.05) is 12.1 Å². The highest BCUT2D eigenvalue weighted by atomic mass is 16.4. The Morgan fingerprint density at radius 1 is 1.13 bits per heavy atom. The van der Waals surface area contributed by atoms with Crippen LogP contribution < -0.4 is 5.32 Å². The molecule has 0 aliphatic rings. The zero-order valence-corrected chi connectivity index (χ0v) is 12.1. The van der Waals surface area contributed by atoms with Gasteiger partial charge in [0.2, 0.25) is 5.91 Å². The number of hydrogen-bond donors (Lipinski definition) is 2. The Bertz CT molecular complexity index is 858. The quantitative estimate of drug-likeness (QED) is 0.740. The summed E-state index contributed by atoms with van der Waals surface area (Å²) in [5, 5.41) is 11.9. The van der Waals surface area contributed by atoms with E-state index in [2.05, 4.69) is 15.3 Å². The maximum Gasteiger partial charge on any atom is 0.322 e. The van der Waals surface area contributed by atoms with Gasteiger partial charge in [-0.15, -0.1) is 0 Å². The van der Waals surface area contributed by atoms with Crippen molar-refractivity contribution in [2.45, 2.75) is 6.54 Å². The van der Waals surface area contributed by atoms with Gasteiger partial charge >= 0.3 is 5.97 Å². The maximum atomic E-state index is 11.8. The van der Waals surface area contributed by atoms with E-state index in [1.54, 1.807) is 23.2 Å². The number of hydrogen-bond acceptors (Lipinski definition) is 4. The Labute approximate surface area is 131 Å². The molecule has 0 saturated carbocycles. The lowest BCUT2D eigenvalue weighted by Gasteiger charge is -2.07. The van der Waals surface area contributed by atoms with E-state index >= 15 is 0 Å². The molecule has 0 bridgehead atoms. The summed E-state index contributed by atoms with van der Waals surface area (Å²) in [5.74, 6) is -1.42. The number of aromatic nitrogens is 3.